The lowest BCUT2D eigenvalue weighted by atomic mass is 10.1. The van der Waals surface area contributed by atoms with Crippen LogP contribution in [0.5, 0.6) is 0 Å². The van der Waals surface area contributed by atoms with Crippen molar-refractivity contribution in [2.24, 2.45) is 5.92 Å². The van der Waals surface area contributed by atoms with Gasteiger partial charge in [-0.25, -0.2) is 9.18 Å². The van der Waals surface area contributed by atoms with Crippen molar-refractivity contribution in [1.82, 2.24) is 9.55 Å². The number of nitrogens with two attached hydrogens (primary N) is 1. The fourth-order valence-corrected chi connectivity index (χ4v) is 4.27. The number of nitrogen functional groups attached to an aromatic ring is 1. The number of carbonyl (C=O) groups is 2. The molecule has 1 saturated heterocycles. The first-order chi connectivity index (χ1) is 17.3. The van der Waals surface area contributed by atoms with Crippen molar-refractivity contribution in [3.63, 3.8) is 0 Å². The molecular formula is C25H26FN5O5. The third-order valence-electron chi connectivity index (χ3n) is 6.07. The molecular weight excluding hydrogens is 469 g/mol. The number of amides is 2. The number of rotatable bonds is 8. The second-order valence-corrected chi connectivity index (χ2v) is 8.40. The van der Waals surface area contributed by atoms with Crippen molar-refractivity contribution in [3.05, 3.63) is 86.8 Å². The molecule has 1 atom stereocenters. The number of anilines is 3. The summed E-state index contributed by atoms with van der Waals surface area (Å²) in [6, 6.07) is 14.7. The molecule has 2 heterocycles. The average molecular weight is 496 g/mol. The summed E-state index contributed by atoms with van der Waals surface area (Å²) in [5, 5.41) is 0. The highest BCUT2D eigenvalue weighted by molar-refractivity contribution is 6.05. The van der Waals surface area contributed by atoms with Crippen LogP contribution in [0.2, 0.25) is 0 Å². The molecule has 0 aliphatic carbocycles. The van der Waals surface area contributed by atoms with Crippen LogP contribution in [0.15, 0.2) is 64.2 Å². The number of hydrogen-bond acceptors (Lipinski definition) is 6. The minimum absolute atomic E-state index is 0.0280. The van der Waals surface area contributed by atoms with Gasteiger partial charge in [0.2, 0.25) is 11.8 Å². The Balaban J connectivity index is 1.74. The highest BCUT2D eigenvalue weighted by Gasteiger charge is 2.39. The van der Waals surface area contributed by atoms with Gasteiger partial charge in [-0.2, -0.15) is 0 Å². The molecule has 0 spiro atoms. The number of aromatic amines is 1. The molecule has 2 aromatic carbocycles. The number of methoxy groups -OCH3 is 1. The maximum absolute atomic E-state index is 14.4. The van der Waals surface area contributed by atoms with Crippen LogP contribution in [-0.2, 0) is 27.4 Å². The number of carbonyl (C=O) groups excluding carboxylic acids is 2. The predicted molar refractivity (Wildman–Crippen MR) is 132 cm³/mol. The van der Waals surface area contributed by atoms with Gasteiger partial charge in [-0.1, -0.05) is 42.5 Å². The van der Waals surface area contributed by atoms with Gasteiger partial charge in [0.1, 0.15) is 11.6 Å². The van der Waals surface area contributed by atoms with Crippen LogP contribution in [0, 0.1) is 11.7 Å². The maximum atomic E-state index is 14.4. The lowest BCUT2D eigenvalue weighted by molar-refractivity contribution is -0.124. The first kappa shape index (κ1) is 24.9. The monoisotopic (exact) mass is 495 g/mol. The lowest BCUT2D eigenvalue weighted by Crippen LogP contribution is -2.44. The van der Waals surface area contributed by atoms with E-state index in [-0.39, 0.29) is 49.9 Å². The molecule has 2 amide bonds. The fraction of sp³-hybridized carbons (Fsp3) is 0.280. The van der Waals surface area contributed by atoms with E-state index in [0.29, 0.717) is 5.56 Å². The van der Waals surface area contributed by atoms with Crippen LogP contribution >= 0.6 is 0 Å². The molecule has 0 unspecified atom stereocenters. The maximum Gasteiger partial charge on any atom is 0.330 e. The normalized spacial score (nSPS) is 15.3. The van der Waals surface area contributed by atoms with Gasteiger partial charge >= 0.3 is 5.69 Å². The van der Waals surface area contributed by atoms with E-state index in [4.69, 9.17) is 10.5 Å². The van der Waals surface area contributed by atoms with Crippen molar-refractivity contribution >= 4 is 29.0 Å². The number of benzene rings is 2. The fourth-order valence-electron chi connectivity index (χ4n) is 4.27. The summed E-state index contributed by atoms with van der Waals surface area (Å²) in [6.07, 6.45) is -0.167. The van der Waals surface area contributed by atoms with Crippen molar-refractivity contribution in [1.29, 1.82) is 0 Å². The Labute approximate surface area is 205 Å². The van der Waals surface area contributed by atoms with E-state index in [1.165, 1.54) is 35.1 Å². The molecule has 188 valence electrons. The minimum atomic E-state index is -0.862. The van der Waals surface area contributed by atoms with Gasteiger partial charge in [-0.15, -0.1) is 0 Å². The first-order valence-corrected chi connectivity index (χ1v) is 11.3. The number of ether oxygens (including phenoxy) is 1. The minimum Gasteiger partial charge on any atom is -0.383 e. The Hall–Kier alpha value is -4.25. The van der Waals surface area contributed by atoms with E-state index in [9.17, 15) is 23.6 Å². The summed E-state index contributed by atoms with van der Waals surface area (Å²) >= 11 is 0. The van der Waals surface area contributed by atoms with E-state index in [1.807, 2.05) is 6.07 Å². The lowest BCUT2D eigenvalue weighted by Gasteiger charge is -2.27. The van der Waals surface area contributed by atoms with Crippen LogP contribution in [0.1, 0.15) is 12.0 Å². The molecule has 0 radical (unpaired) electrons. The molecule has 1 aliphatic heterocycles. The number of halogens is 1. The highest BCUT2D eigenvalue weighted by atomic mass is 19.1. The number of nitrogens with one attached hydrogen (secondary N) is 1. The smallest absolute Gasteiger partial charge is 0.330 e. The molecule has 11 heteroatoms. The molecule has 1 fully saturated rings. The van der Waals surface area contributed by atoms with Crippen molar-refractivity contribution in [2.75, 3.05) is 35.8 Å². The van der Waals surface area contributed by atoms with Gasteiger partial charge in [-0.3, -0.25) is 28.8 Å². The second kappa shape index (κ2) is 10.6. The van der Waals surface area contributed by atoms with E-state index in [0.717, 1.165) is 4.57 Å². The largest absolute Gasteiger partial charge is 0.383 e. The third kappa shape index (κ3) is 4.91. The number of para-hydroxylation sites is 1. The Kier molecular flexibility index (Phi) is 7.30. The SMILES string of the molecule is COCCn1c(N)c(N(Cc2ccccc2)C(=O)[C@@H]2CC(=O)N(c3ccccc3F)C2)c(=O)[nH]c1=O. The Morgan fingerprint density at radius 2 is 1.83 bits per heavy atom. The average Bonchev–Trinajstić information content (AvgIpc) is 3.25. The Morgan fingerprint density at radius 3 is 2.53 bits per heavy atom. The molecule has 10 nitrogen and oxygen atoms in total. The Bertz CT molecular complexity index is 1390. The molecule has 3 N–H and O–H groups in total. The second-order valence-electron chi connectivity index (χ2n) is 8.40. The number of nitrogens with zero attached hydrogens (tertiary/aromatic N) is 3. The summed E-state index contributed by atoms with van der Waals surface area (Å²) in [5.74, 6) is -2.59. The van der Waals surface area contributed by atoms with Crippen molar-refractivity contribution in [3.8, 4) is 0 Å². The van der Waals surface area contributed by atoms with Crippen LogP contribution in [0.4, 0.5) is 21.6 Å². The zero-order valence-electron chi connectivity index (χ0n) is 19.6. The van der Waals surface area contributed by atoms with E-state index in [2.05, 4.69) is 4.98 Å². The molecule has 4 rings (SSSR count). The van der Waals surface area contributed by atoms with Crippen molar-refractivity contribution in [2.45, 2.75) is 19.5 Å². The summed E-state index contributed by atoms with van der Waals surface area (Å²) in [7, 11) is 1.46. The zero-order chi connectivity index (χ0) is 25.8. The number of H-pyrrole nitrogens is 1. The molecule has 0 bridgehead atoms. The van der Waals surface area contributed by atoms with Gasteiger partial charge in [0, 0.05) is 20.1 Å². The molecule has 0 saturated carbocycles. The number of hydrogen-bond donors (Lipinski definition) is 2. The van der Waals surface area contributed by atoms with E-state index >= 15 is 0 Å². The van der Waals surface area contributed by atoms with Gasteiger partial charge in [0.25, 0.3) is 5.56 Å². The topological polar surface area (TPSA) is 131 Å². The van der Waals surface area contributed by atoms with Crippen LogP contribution < -0.4 is 26.8 Å². The summed E-state index contributed by atoms with van der Waals surface area (Å²) in [6.45, 7) is 0.114. The highest BCUT2D eigenvalue weighted by Crippen LogP contribution is 2.30. The first-order valence-electron chi connectivity index (χ1n) is 11.3. The standard InChI is InChI=1S/C25H26FN5O5/c1-36-12-11-29-22(27)21(23(33)28-25(29)35)31(14-16-7-3-2-4-8-16)24(34)17-13-20(32)30(15-17)19-10-6-5-9-18(19)26/h2-10,17H,11-15,27H2,1H3,(H,28,33,35)/t17-/m1/s1. The van der Waals surface area contributed by atoms with Gasteiger partial charge in [0.05, 0.1) is 31.3 Å². The van der Waals surface area contributed by atoms with Gasteiger partial charge < -0.3 is 15.4 Å². The van der Waals surface area contributed by atoms with E-state index < -0.39 is 34.8 Å². The quantitative estimate of drug-likeness (QED) is 0.487. The molecule has 1 aliphatic rings. The summed E-state index contributed by atoms with van der Waals surface area (Å²) in [4.78, 5) is 56.5. The van der Waals surface area contributed by atoms with Crippen LogP contribution in [0.25, 0.3) is 0 Å². The molecule has 3 aromatic rings. The van der Waals surface area contributed by atoms with Crippen molar-refractivity contribution < 1.29 is 18.7 Å². The zero-order valence-corrected chi connectivity index (χ0v) is 19.6. The predicted octanol–water partition coefficient (Wildman–Crippen LogP) is 1.49. The summed E-state index contributed by atoms with van der Waals surface area (Å²) in [5.41, 5.74) is 5.28. The summed E-state index contributed by atoms with van der Waals surface area (Å²) < 4.78 is 20.5. The Morgan fingerprint density at radius 1 is 1.14 bits per heavy atom. The third-order valence-corrected chi connectivity index (χ3v) is 6.07. The molecule has 1 aromatic heterocycles. The van der Waals surface area contributed by atoms with Gasteiger partial charge in [-0.05, 0) is 17.7 Å². The van der Waals surface area contributed by atoms with Gasteiger partial charge in [0.15, 0.2) is 5.69 Å². The molecule has 36 heavy (non-hydrogen) atoms. The van der Waals surface area contributed by atoms with Crippen LogP contribution in [-0.4, -0.2) is 41.6 Å². The van der Waals surface area contributed by atoms with E-state index in [1.54, 1.807) is 30.3 Å². The van der Waals surface area contributed by atoms with Crippen LogP contribution in [0.3, 0.4) is 0 Å². The number of aromatic nitrogens is 2.